The molecule has 0 atom stereocenters. The van der Waals surface area contributed by atoms with E-state index in [0.29, 0.717) is 0 Å². The van der Waals surface area contributed by atoms with Crippen molar-refractivity contribution < 1.29 is 25.9 Å². The molecule has 2 rings (SSSR count). The topological polar surface area (TPSA) is 206 Å². The maximum absolute atomic E-state index is 11.7. The smallest absolute Gasteiger partial charge is 0.282 e. The maximum Gasteiger partial charge on any atom is 0.295 e. The van der Waals surface area contributed by atoms with E-state index < -0.39 is 30.0 Å². The summed E-state index contributed by atoms with van der Waals surface area (Å²) in [6.07, 6.45) is 2.23. The molecule has 0 spiro atoms. The van der Waals surface area contributed by atoms with E-state index in [2.05, 4.69) is 20.1 Å². The van der Waals surface area contributed by atoms with Crippen LogP contribution in [0.25, 0.3) is 33.0 Å². The first-order chi connectivity index (χ1) is 13.1. The monoisotopic (exact) mass is 422 g/mol. The average molecular weight is 422 g/mol. The Kier molecular flexibility index (Phi) is 6.06. The molecule has 12 nitrogen and oxygen atoms in total. The van der Waals surface area contributed by atoms with Crippen molar-refractivity contribution in [2.75, 3.05) is 0 Å². The van der Waals surface area contributed by atoms with Gasteiger partial charge in [0.2, 0.25) is 0 Å². The number of rotatable bonds is 6. The van der Waals surface area contributed by atoms with Crippen LogP contribution in [0.3, 0.4) is 0 Å². The van der Waals surface area contributed by atoms with Crippen molar-refractivity contribution >= 4 is 43.8 Å². The van der Waals surface area contributed by atoms with Crippen LogP contribution in [0.1, 0.15) is 11.1 Å². The van der Waals surface area contributed by atoms with Gasteiger partial charge in [0, 0.05) is 9.82 Å². The van der Waals surface area contributed by atoms with Gasteiger partial charge in [-0.15, -0.1) is 0 Å². The van der Waals surface area contributed by atoms with E-state index in [1.165, 1.54) is 24.3 Å². The van der Waals surface area contributed by atoms with Crippen LogP contribution >= 0.6 is 0 Å². The first-order valence-electron chi connectivity index (χ1n) is 7.09. The Balaban J connectivity index is 2.76. The van der Waals surface area contributed by atoms with E-state index in [-0.39, 0.29) is 22.5 Å². The highest BCUT2D eigenvalue weighted by Gasteiger charge is 2.20. The van der Waals surface area contributed by atoms with Gasteiger partial charge in [-0.05, 0) is 22.2 Å². The standard InChI is InChI=1S/C14H10N6O6S2/c15-19-17-11-5-1-3-9(13(11)27(21,22)23)7-8-10-4-2-6-12(18-20-16)14(10)28(24,25)26/h1-8H,(H,21,22,23)(H,24,25,26)/b8-7+. The average Bonchev–Trinajstić information content (AvgIpc) is 2.58. The summed E-state index contributed by atoms with van der Waals surface area (Å²) in [5, 5.41) is 6.40. The first-order valence-corrected chi connectivity index (χ1v) is 9.97. The summed E-state index contributed by atoms with van der Waals surface area (Å²) in [6.45, 7) is 0. The fourth-order valence-corrected chi connectivity index (χ4v) is 3.96. The molecule has 0 saturated carbocycles. The zero-order chi connectivity index (χ0) is 20.9. The molecule has 2 aromatic rings. The Labute approximate surface area is 158 Å². The van der Waals surface area contributed by atoms with Crippen molar-refractivity contribution in [3.63, 3.8) is 0 Å². The van der Waals surface area contributed by atoms with Crippen LogP contribution in [-0.4, -0.2) is 25.9 Å². The van der Waals surface area contributed by atoms with Gasteiger partial charge in [-0.3, -0.25) is 9.11 Å². The zero-order valence-corrected chi connectivity index (χ0v) is 15.3. The molecule has 2 N–H and O–H groups in total. The quantitative estimate of drug-likeness (QED) is 0.228. The van der Waals surface area contributed by atoms with E-state index >= 15 is 0 Å². The third-order valence-corrected chi connectivity index (χ3v) is 5.23. The van der Waals surface area contributed by atoms with Crippen LogP contribution in [0.4, 0.5) is 11.4 Å². The fraction of sp³-hybridized carbons (Fsp3) is 0. The van der Waals surface area contributed by atoms with Crippen LogP contribution in [0, 0.1) is 0 Å². The predicted molar refractivity (Wildman–Crippen MR) is 99.1 cm³/mol. The van der Waals surface area contributed by atoms with E-state index in [9.17, 15) is 25.9 Å². The van der Waals surface area contributed by atoms with E-state index in [0.717, 1.165) is 24.3 Å². The molecule has 0 heterocycles. The summed E-state index contributed by atoms with van der Waals surface area (Å²) in [6, 6.07) is 7.54. The fourth-order valence-electron chi connectivity index (χ4n) is 2.34. The van der Waals surface area contributed by atoms with Gasteiger partial charge in [0.15, 0.2) is 0 Å². The molecule has 14 heteroatoms. The number of azide groups is 2. The van der Waals surface area contributed by atoms with Crippen molar-refractivity contribution in [2.24, 2.45) is 10.2 Å². The van der Waals surface area contributed by atoms with Crippen molar-refractivity contribution in [1.29, 1.82) is 0 Å². The second-order valence-corrected chi connectivity index (χ2v) is 7.77. The second-order valence-electron chi connectivity index (χ2n) is 5.05. The Morgan fingerprint density at radius 1 is 0.750 bits per heavy atom. The Bertz CT molecular complexity index is 1170. The first kappa shape index (κ1) is 20.9. The summed E-state index contributed by atoms with van der Waals surface area (Å²) in [5.41, 5.74) is 16.1. The van der Waals surface area contributed by atoms with Crippen molar-refractivity contribution in [3.05, 3.63) is 68.4 Å². The van der Waals surface area contributed by atoms with Crippen molar-refractivity contribution in [1.82, 2.24) is 0 Å². The number of nitrogens with zero attached hydrogens (tertiary/aromatic N) is 6. The van der Waals surface area contributed by atoms with Gasteiger partial charge < -0.3 is 0 Å². The maximum atomic E-state index is 11.7. The lowest BCUT2D eigenvalue weighted by atomic mass is 10.1. The van der Waals surface area contributed by atoms with Gasteiger partial charge in [-0.1, -0.05) is 58.8 Å². The summed E-state index contributed by atoms with van der Waals surface area (Å²) in [4.78, 5) is 3.59. The number of hydrogen-bond acceptors (Lipinski definition) is 6. The lowest BCUT2D eigenvalue weighted by Gasteiger charge is -2.08. The highest BCUT2D eigenvalue weighted by molar-refractivity contribution is 7.86. The molecular formula is C14H10N6O6S2. The minimum atomic E-state index is -4.80. The lowest BCUT2D eigenvalue weighted by Crippen LogP contribution is -2.02. The molecule has 0 unspecified atom stereocenters. The van der Waals surface area contributed by atoms with E-state index in [1.807, 2.05) is 0 Å². The molecule has 144 valence electrons. The van der Waals surface area contributed by atoms with Gasteiger partial charge in [0.1, 0.15) is 9.79 Å². The molecule has 0 aliphatic rings. The molecule has 0 aromatic heterocycles. The number of hydrogen-bond donors (Lipinski definition) is 2. The summed E-state index contributed by atoms with van der Waals surface area (Å²) in [5.74, 6) is 0. The third kappa shape index (κ3) is 4.66. The molecule has 0 amide bonds. The molecule has 0 radical (unpaired) electrons. The third-order valence-electron chi connectivity index (χ3n) is 3.31. The molecular weight excluding hydrogens is 412 g/mol. The SMILES string of the molecule is [N-]=[N+]=Nc1cccc(/C=C/c2cccc(N=[N+]=[N-])c2S(=O)(=O)O)c1S(=O)(=O)O. The second kappa shape index (κ2) is 8.10. The molecule has 0 saturated heterocycles. The Morgan fingerprint density at radius 3 is 1.39 bits per heavy atom. The van der Waals surface area contributed by atoms with Gasteiger partial charge in [-0.2, -0.15) is 16.8 Å². The molecule has 0 fully saturated rings. The Hall–Kier alpha value is -3.38. The summed E-state index contributed by atoms with van der Waals surface area (Å²) in [7, 11) is -9.59. The minimum absolute atomic E-state index is 0.122. The van der Waals surface area contributed by atoms with Crippen LogP contribution < -0.4 is 0 Å². The Morgan fingerprint density at radius 2 is 1.11 bits per heavy atom. The highest BCUT2D eigenvalue weighted by Crippen LogP contribution is 2.32. The van der Waals surface area contributed by atoms with E-state index in [4.69, 9.17) is 11.1 Å². The van der Waals surface area contributed by atoms with Crippen molar-refractivity contribution in [2.45, 2.75) is 9.79 Å². The van der Waals surface area contributed by atoms with Gasteiger partial charge in [-0.25, -0.2) is 0 Å². The number of benzene rings is 2. The molecule has 2 aromatic carbocycles. The largest absolute Gasteiger partial charge is 0.295 e. The molecule has 0 aliphatic carbocycles. The zero-order valence-electron chi connectivity index (χ0n) is 13.6. The minimum Gasteiger partial charge on any atom is -0.282 e. The lowest BCUT2D eigenvalue weighted by molar-refractivity contribution is 0.481. The van der Waals surface area contributed by atoms with Crippen LogP contribution in [-0.2, 0) is 20.2 Å². The van der Waals surface area contributed by atoms with Gasteiger partial charge in [0.25, 0.3) is 20.2 Å². The van der Waals surface area contributed by atoms with Gasteiger partial charge in [0.05, 0.1) is 11.4 Å². The van der Waals surface area contributed by atoms with Crippen molar-refractivity contribution in [3.8, 4) is 0 Å². The predicted octanol–water partition coefficient (Wildman–Crippen LogP) is 4.23. The summed E-state index contributed by atoms with van der Waals surface area (Å²) < 4.78 is 65.6. The molecule has 0 bridgehead atoms. The van der Waals surface area contributed by atoms with Crippen LogP contribution in [0.2, 0.25) is 0 Å². The highest BCUT2D eigenvalue weighted by atomic mass is 32.2. The van der Waals surface area contributed by atoms with Crippen LogP contribution in [0.5, 0.6) is 0 Å². The van der Waals surface area contributed by atoms with E-state index in [1.54, 1.807) is 0 Å². The normalized spacial score (nSPS) is 11.6. The molecule has 0 aliphatic heterocycles. The van der Waals surface area contributed by atoms with Crippen LogP contribution in [0.15, 0.2) is 56.4 Å². The summed E-state index contributed by atoms with van der Waals surface area (Å²) >= 11 is 0. The molecule has 28 heavy (non-hydrogen) atoms. The van der Waals surface area contributed by atoms with Gasteiger partial charge >= 0.3 is 0 Å².